The van der Waals surface area contributed by atoms with Crippen LogP contribution in [0.2, 0.25) is 0 Å². The summed E-state index contributed by atoms with van der Waals surface area (Å²) in [4.78, 5) is 10.5. The fraction of sp³-hybridized carbons (Fsp3) is 0.308. The van der Waals surface area contributed by atoms with Gasteiger partial charge in [-0.1, -0.05) is 24.3 Å². The van der Waals surface area contributed by atoms with Gasteiger partial charge in [0.25, 0.3) is 0 Å². The van der Waals surface area contributed by atoms with E-state index in [9.17, 15) is 4.79 Å². The van der Waals surface area contributed by atoms with Crippen molar-refractivity contribution in [1.82, 2.24) is 0 Å². The number of allylic oxidation sites excluding steroid dienone is 1. The second-order valence-electron chi connectivity index (χ2n) is 4.24. The third-order valence-electron chi connectivity index (χ3n) is 2.35. The predicted octanol–water partition coefficient (Wildman–Crippen LogP) is 2.67. The Kier molecular flexibility index (Phi) is 2.69. The van der Waals surface area contributed by atoms with Gasteiger partial charge in [-0.15, -0.1) is 0 Å². The highest BCUT2D eigenvalue weighted by molar-refractivity contribution is 5.74. The van der Waals surface area contributed by atoms with E-state index in [2.05, 4.69) is 0 Å². The zero-order chi connectivity index (χ0) is 11.6. The Hall–Kier alpha value is -1.77. The Morgan fingerprint density at radius 1 is 1.25 bits per heavy atom. The van der Waals surface area contributed by atoms with Crippen molar-refractivity contribution >= 4 is 6.29 Å². The van der Waals surface area contributed by atoms with Gasteiger partial charge in [-0.25, -0.2) is 0 Å². The van der Waals surface area contributed by atoms with Crippen molar-refractivity contribution < 1.29 is 14.3 Å². The highest BCUT2D eigenvalue weighted by Crippen LogP contribution is 2.26. The standard InChI is InChI=1S/C13H14O3/c1-13(2)15-9-12(16-13)7-10-3-5-11(8-14)6-4-10/h3-6,8-9H,7H2,1-2H3. The molecule has 0 saturated heterocycles. The first-order valence-corrected chi connectivity index (χ1v) is 5.19. The molecule has 0 bridgehead atoms. The van der Waals surface area contributed by atoms with E-state index in [1.807, 2.05) is 26.0 Å². The van der Waals surface area contributed by atoms with Gasteiger partial charge in [-0.05, 0) is 5.56 Å². The van der Waals surface area contributed by atoms with Gasteiger partial charge in [0.1, 0.15) is 18.3 Å². The van der Waals surface area contributed by atoms with Crippen LogP contribution in [0.4, 0.5) is 0 Å². The average molecular weight is 218 g/mol. The molecule has 0 amide bonds. The van der Waals surface area contributed by atoms with Crippen molar-refractivity contribution in [2.75, 3.05) is 0 Å². The topological polar surface area (TPSA) is 35.5 Å². The molecule has 0 N–H and O–H groups in total. The maximum absolute atomic E-state index is 10.5. The second kappa shape index (κ2) is 4.00. The lowest BCUT2D eigenvalue weighted by molar-refractivity contribution is -0.117. The SMILES string of the molecule is CC1(C)OC=C(Cc2ccc(C=O)cc2)O1. The van der Waals surface area contributed by atoms with Crippen LogP contribution in [0.15, 0.2) is 36.3 Å². The van der Waals surface area contributed by atoms with E-state index in [0.717, 1.165) is 17.6 Å². The molecule has 0 spiro atoms. The molecular formula is C13H14O3. The number of ether oxygens (including phenoxy) is 2. The lowest BCUT2D eigenvalue weighted by Crippen LogP contribution is -2.20. The van der Waals surface area contributed by atoms with E-state index < -0.39 is 5.79 Å². The van der Waals surface area contributed by atoms with Crippen LogP contribution in [0.25, 0.3) is 0 Å². The van der Waals surface area contributed by atoms with E-state index in [1.54, 1.807) is 18.4 Å². The molecule has 3 nitrogen and oxygen atoms in total. The number of carbonyl (C=O) groups is 1. The number of aldehydes is 1. The summed E-state index contributed by atoms with van der Waals surface area (Å²) >= 11 is 0. The van der Waals surface area contributed by atoms with Crippen molar-refractivity contribution in [2.45, 2.75) is 26.1 Å². The lowest BCUT2D eigenvalue weighted by Gasteiger charge is -2.18. The van der Waals surface area contributed by atoms with Gasteiger partial charge >= 0.3 is 0 Å². The van der Waals surface area contributed by atoms with Crippen LogP contribution in [0.1, 0.15) is 29.8 Å². The predicted molar refractivity (Wildman–Crippen MR) is 59.9 cm³/mol. The summed E-state index contributed by atoms with van der Waals surface area (Å²) in [5.74, 6) is 0.252. The van der Waals surface area contributed by atoms with E-state index in [4.69, 9.17) is 9.47 Å². The van der Waals surface area contributed by atoms with Gasteiger partial charge < -0.3 is 9.47 Å². The summed E-state index contributed by atoms with van der Waals surface area (Å²) in [6.45, 7) is 3.73. The van der Waals surface area contributed by atoms with Crippen molar-refractivity contribution in [3.63, 3.8) is 0 Å². The summed E-state index contributed by atoms with van der Waals surface area (Å²) in [6, 6.07) is 7.42. The molecule has 1 heterocycles. The largest absolute Gasteiger partial charge is 0.457 e. The molecule has 0 radical (unpaired) electrons. The van der Waals surface area contributed by atoms with Gasteiger partial charge in [0.2, 0.25) is 5.79 Å². The molecular weight excluding hydrogens is 204 g/mol. The van der Waals surface area contributed by atoms with E-state index in [1.165, 1.54) is 0 Å². The number of hydrogen-bond acceptors (Lipinski definition) is 3. The zero-order valence-electron chi connectivity index (χ0n) is 9.40. The van der Waals surface area contributed by atoms with Gasteiger partial charge in [0, 0.05) is 25.8 Å². The third kappa shape index (κ3) is 2.42. The smallest absolute Gasteiger partial charge is 0.244 e. The third-order valence-corrected chi connectivity index (χ3v) is 2.35. The molecule has 1 aromatic carbocycles. The summed E-state index contributed by atoms with van der Waals surface area (Å²) in [7, 11) is 0. The molecule has 2 rings (SSSR count). The average Bonchev–Trinajstić information content (AvgIpc) is 2.59. The first-order valence-electron chi connectivity index (χ1n) is 5.19. The maximum Gasteiger partial charge on any atom is 0.244 e. The highest BCUT2D eigenvalue weighted by atomic mass is 16.7. The van der Waals surface area contributed by atoms with Crippen LogP contribution in [-0.4, -0.2) is 12.1 Å². The van der Waals surface area contributed by atoms with Crippen LogP contribution >= 0.6 is 0 Å². The summed E-state index contributed by atoms with van der Waals surface area (Å²) in [5, 5.41) is 0. The summed E-state index contributed by atoms with van der Waals surface area (Å²) in [5.41, 5.74) is 1.78. The van der Waals surface area contributed by atoms with Crippen LogP contribution in [0.5, 0.6) is 0 Å². The minimum Gasteiger partial charge on any atom is -0.457 e. The van der Waals surface area contributed by atoms with Gasteiger partial charge in [-0.3, -0.25) is 4.79 Å². The molecule has 0 atom stereocenters. The Bertz CT molecular complexity index is 415. The molecule has 0 unspecified atom stereocenters. The number of hydrogen-bond donors (Lipinski definition) is 0. The van der Waals surface area contributed by atoms with E-state index >= 15 is 0 Å². The van der Waals surface area contributed by atoms with Crippen molar-refractivity contribution in [3.8, 4) is 0 Å². The number of rotatable bonds is 3. The van der Waals surface area contributed by atoms with Crippen LogP contribution < -0.4 is 0 Å². The molecule has 1 aliphatic rings. The lowest BCUT2D eigenvalue weighted by atomic mass is 10.1. The molecule has 0 fully saturated rings. The first kappa shape index (κ1) is 10.7. The Morgan fingerprint density at radius 2 is 1.94 bits per heavy atom. The molecule has 16 heavy (non-hydrogen) atoms. The van der Waals surface area contributed by atoms with Gasteiger partial charge in [0.15, 0.2) is 0 Å². The summed E-state index contributed by atoms with van der Waals surface area (Å²) < 4.78 is 10.9. The van der Waals surface area contributed by atoms with Crippen molar-refractivity contribution in [3.05, 3.63) is 47.4 Å². The van der Waals surface area contributed by atoms with Gasteiger partial charge in [0.05, 0.1) is 0 Å². The fourth-order valence-corrected chi connectivity index (χ4v) is 1.56. The Labute approximate surface area is 94.7 Å². The second-order valence-corrected chi connectivity index (χ2v) is 4.24. The van der Waals surface area contributed by atoms with Crippen molar-refractivity contribution in [2.24, 2.45) is 0 Å². The molecule has 84 valence electrons. The zero-order valence-corrected chi connectivity index (χ0v) is 9.40. The molecule has 1 aliphatic heterocycles. The maximum atomic E-state index is 10.5. The molecule has 1 aromatic rings. The minimum absolute atomic E-state index is 0.557. The first-order chi connectivity index (χ1) is 7.59. The van der Waals surface area contributed by atoms with Crippen molar-refractivity contribution in [1.29, 1.82) is 0 Å². The highest BCUT2D eigenvalue weighted by Gasteiger charge is 2.27. The quantitative estimate of drug-likeness (QED) is 0.732. The van der Waals surface area contributed by atoms with Crippen LogP contribution in [0, 0.1) is 0 Å². The fourth-order valence-electron chi connectivity index (χ4n) is 1.56. The molecule has 3 heteroatoms. The minimum atomic E-state index is -0.557. The molecule has 0 aliphatic carbocycles. The van der Waals surface area contributed by atoms with Crippen LogP contribution in [-0.2, 0) is 15.9 Å². The molecule has 0 aromatic heterocycles. The van der Waals surface area contributed by atoms with Gasteiger partial charge in [-0.2, -0.15) is 0 Å². The number of benzene rings is 1. The van der Waals surface area contributed by atoms with E-state index in [-0.39, 0.29) is 0 Å². The monoisotopic (exact) mass is 218 g/mol. The Balaban J connectivity index is 2.02. The van der Waals surface area contributed by atoms with Crippen LogP contribution in [0.3, 0.4) is 0 Å². The van der Waals surface area contributed by atoms with E-state index in [0.29, 0.717) is 12.0 Å². The normalized spacial score (nSPS) is 17.2. The summed E-state index contributed by atoms with van der Waals surface area (Å²) in [6.07, 6.45) is 3.16. The molecule has 0 saturated carbocycles. The Morgan fingerprint density at radius 3 is 2.44 bits per heavy atom. The number of carbonyl (C=O) groups excluding carboxylic acids is 1.